The van der Waals surface area contributed by atoms with Crippen molar-refractivity contribution in [3.63, 3.8) is 0 Å². The molecule has 0 fully saturated rings. The van der Waals surface area contributed by atoms with Gasteiger partial charge in [0.1, 0.15) is 11.9 Å². The summed E-state index contributed by atoms with van der Waals surface area (Å²) in [5.41, 5.74) is 1.82. The molecule has 0 saturated heterocycles. The fourth-order valence-corrected chi connectivity index (χ4v) is 3.36. The molecule has 0 aromatic heterocycles. The zero-order chi connectivity index (χ0) is 19.8. The molecule has 2 aromatic rings. The average molecular weight is 372 g/mol. The predicted octanol–water partition coefficient (Wildman–Crippen LogP) is 3.63. The maximum absolute atomic E-state index is 13.6. The third kappa shape index (κ3) is 5.62. The minimum Gasteiger partial charge on any atom is -0.353 e. The quantitative estimate of drug-likeness (QED) is 0.731. The maximum atomic E-state index is 13.6. The Balaban J connectivity index is 2.18. The van der Waals surface area contributed by atoms with Crippen LogP contribution in [0.4, 0.5) is 4.39 Å². The van der Waals surface area contributed by atoms with E-state index in [0.29, 0.717) is 6.54 Å². The van der Waals surface area contributed by atoms with Gasteiger partial charge in [-0.05, 0) is 50.4 Å². The van der Waals surface area contributed by atoms with Crippen molar-refractivity contribution in [1.29, 1.82) is 0 Å². The summed E-state index contributed by atoms with van der Waals surface area (Å²) in [5, 5.41) is 3.09. The monoisotopic (exact) mass is 371 g/mol. The van der Waals surface area contributed by atoms with Crippen LogP contribution in [0.5, 0.6) is 0 Å². The Bertz CT molecular complexity index is 717. The number of hydrogen-bond acceptors (Lipinski definition) is 3. The second-order valence-electron chi connectivity index (χ2n) is 6.81. The second kappa shape index (κ2) is 10.2. The number of carbonyl (C=O) groups is 1. The zero-order valence-electron chi connectivity index (χ0n) is 16.7. The lowest BCUT2D eigenvalue weighted by molar-refractivity contribution is -0.126. The summed E-state index contributed by atoms with van der Waals surface area (Å²) in [4.78, 5) is 17.2. The molecule has 2 unspecified atom stereocenters. The van der Waals surface area contributed by atoms with Crippen LogP contribution >= 0.6 is 0 Å². The summed E-state index contributed by atoms with van der Waals surface area (Å²) in [6.07, 6.45) is 0. The summed E-state index contributed by atoms with van der Waals surface area (Å²) in [5.74, 6) is -0.302. The molecule has 0 bridgehead atoms. The number of nitrogens with zero attached hydrogens (tertiary/aromatic N) is 2. The van der Waals surface area contributed by atoms with Crippen molar-refractivity contribution < 1.29 is 9.18 Å². The predicted molar refractivity (Wildman–Crippen MR) is 108 cm³/mol. The first-order valence-corrected chi connectivity index (χ1v) is 9.46. The molecule has 0 aliphatic rings. The molecule has 2 aromatic carbocycles. The van der Waals surface area contributed by atoms with Gasteiger partial charge in [-0.1, -0.05) is 56.3 Å². The van der Waals surface area contributed by atoms with E-state index < -0.39 is 0 Å². The Morgan fingerprint density at radius 1 is 1.00 bits per heavy atom. The zero-order valence-corrected chi connectivity index (χ0v) is 16.7. The van der Waals surface area contributed by atoms with Crippen LogP contribution in [0.25, 0.3) is 0 Å². The highest BCUT2D eigenvalue weighted by Crippen LogP contribution is 2.22. The first kappa shape index (κ1) is 21.1. The van der Waals surface area contributed by atoms with Gasteiger partial charge in [0.2, 0.25) is 5.91 Å². The lowest BCUT2D eigenvalue weighted by atomic mass is 10.0. The van der Waals surface area contributed by atoms with Gasteiger partial charge < -0.3 is 10.2 Å². The van der Waals surface area contributed by atoms with E-state index in [-0.39, 0.29) is 23.8 Å². The van der Waals surface area contributed by atoms with Crippen LogP contribution in [-0.4, -0.2) is 49.4 Å². The van der Waals surface area contributed by atoms with Gasteiger partial charge in [0.25, 0.3) is 0 Å². The molecule has 4 nitrogen and oxygen atoms in total. The molecule has 5 heteroatoms. The van der Waals surface area contributed by atoms with Gasteiger partial charge >= 0.3 is 0 Å². The minimum absolute atomic E-state index is 0.0341. The van der Waals surface area contributed by atoms with Crippen molar-refractivity contribution >= 4 is 5.91 Å². The van der Waals surface area contributed by atoms with Crippen LogP contribution in [0.1, 0.15) is 37.1 Å². The number of nitrogens with one attached hydrogen (secondary N) is 1. The van der Waals surface area contributed by atoms with Crippen LogP contribution in [0, 0.1) is 5.82 Å². The molecule has 2 atom stereocenters. The number of benzene rings is 2. The van der Waals surface area contributed by atoms with E-state index in [1.54, 1.807) is 6.07 Å². The number of likely N-dealkylation sites (N-methyl/N-ethyl adjacent to an activating group) is 2. The lowest BCUT2D eigenvalue weighted by Gasteiger charge is -2.31. The summed E-state index contributed by atoms with van der Waals surface area (Å²) in [6.45, 7) is 6.10. The van der Waals surface area contributed by atoms with Gasteiger partial charge in [-0.2, -0.15) is 0 Å². The van der Waals surface area contributed by atoms with Gasteiger partial charge in [-0.3, -0.25) is 9.69 Å². The lowest BCUT2D eigenvalue weighted by Crippen LogP contribution is -2.43. The molecule has 1 amide bonds. The average Bonchev–Trinajstić information content (AvgIpc) is 2.66. The fraction of sp³-hybridized carbons (Fsp3) is 0.409. The third-order valence-electron chi connectivity index (χ3n) is 4.87. The second-order valence-corrected chi connectivity index (χ2v) is 6.81. The molecule has 0 heterocycles. The van der Waals surface area contributed by atoms with Crippen molar-refractivity contribution in [2.24, 2.45) is 0 Å². The normalized spacial score (nSPS) is 13.6. The van der Waals surface area contributed by atoms with E-state index in [2.05, 4.69) is 24.1 Å². The maximum Gasteiger partial charge on any atom is 0.242 e. The van der Waals surface area contributed by atoms with Gasteiger partial charge in [0.05, 0.1) is 6.04 Å². The van der Waals surface area contributed by atoms with Crippen molar-refractivity contribution in [3.8, 4) is 0 Å². The summed E-state index contributed by atoms with van der Waals surface area (Å²) >= 11 is 0. The summed E-state index contributed by atoms with van der Waals surface area (Å²) in [7, 11) is 3.86. The molecule has 0 radical (unpaired) electrons. The van der Waals surface area contributed by atoms with E-state index >= 15 is 0 Å². The standard InChI is InChI=1S/C22H30FN3O/c1-5-26(6-2)21(17-11-8-7-9-12-17)22(27)24-16-20(25(3)4)18-13-10-14-19(23)15-18/h7-15,20-21H,5-6,16H2,1-4H3,(H,24,27). The van der Waals surface area contributed by atoms with E-state index in [9.17, 15) is 9.18 Å². The Kier molecular flexibility index (Phi) is 7.95. The van der Waals surface area contributed by atoms with Crippen molar-refractivity contribution in [2.45, 2.75) is 25.9 Å². The number of halogens is 1. The molecule has 0 saturated carbocycles. The Morgan fingerprint density at radius 3 is 2.19 bits per heavy atom. The number of amides is 1. The number of rotatable bonds is 9. The highest BCUT2D eigenvalue weighted by Gasteiger charge is 2.26. The molecule has 2 rings (SSSR count). The van der Waals surface area contributed by atoms with Crippen LogP contribution in [0.3, 0.4) is 0 Å². The van der Waals surface area contributed by atoms with E-state index in [1.807, 2.05) is 55.4 Å². The number of carbonyl (C=O) groups excluding carboxylic acids is 1. The minimum atomic E-state index is -0.337. The third-order valence-corrected chi connectivity index (χ3v) is 4.87. The van der Waals surface area contributed by atoms with Gasteiger partial charge in [-0.25, -0.2) is 4.39 Å². The molecular formula is C22H30FN3O. The largest absolute Gasteiger partial charge is 0.353 e. The molecule has 0 spiro atoms. The summed E-state index contributed by atoms with van der Waals surface area (Å²) < 4.78 is 13.6. The van der Waals surface area contributed by atoms with E-state index in [4.69, 9.17) is 0 Å². The first-order valence-electron chi connectivity index (χ1n) is 9.46. The highest BCUT2D eigenvalue weighted by atomic mass is 19.1. The molecule has 27 heavy (non-hydrogen) atoms. The smallest absolute Gasteiger partial charge is 0.242 e. The van der Waals surface area contributed by atoms with Crippen LogP contribution in [0.15, 0.2) is 54.6 Å². The van der Waals surface area contributed by atoms with Crippen molar-refractivity contribution in [2.75, 3.05) is 33.7 Å². The van der Waals surface area contributed by atoms with E-state index in [1.165, 1.54) is 12.1 Å². The van der Waals surface area contributed by atoms with Gasteiger partial charge in [-0.15, -0.1) is 0 Å². The molecule has 0 aliphatic heterocycles. The van der Waals surface area contributed by atoms with Gasteiger partial charge in [0.15, 0.2) is 0 Å². The fourth-order valence-electron chi connectivity index (χ4n) is 3.36. The van der Waals surface area contributed by atoms with Crippen molar-refractivity contribution in [1.82, 2.24) is 15.1 Å². The molecular weight excluding hydrogens is 341 g/mol. The molecule has 1 N–H and O–H groups in total. The van der Waals surface area contributed by atoms with E-state index in [0.717, 1.165) is 24.2 Å². The molecule has 146 valence electrons. The SMILES string of the molecule is CCN(CC)C(C(=O)NCC(c1cccc(F)c1)N(C)C)c1ccccc1. The topological polar surface area (TPSA) is 35.6 Å². The van der Waals surface area contributed by atoms with Crippen molar-refractivity contribution in [3.05, 3.63) is 71.5 Å². The molecule has 0 aliphatic carbocycles. The summed E-state index contributed by atoms with van der Waals surface area (Å²) in [6, 6.07) is 15.9. The van der Waals surface area contributed by atoms with Crippen LogP contribution in [0.2, 0.25) is 0 Å². The Morgan fingerprint density at radius 2 is 1.63 bits per heavy atom. The number of hydrogen-bond donors (Lipinski definition) is 1. The van der Waals surface area contributed by atoms with Crippen LogP contribution < -0.4 is 5.32 Å². The van der Waals surface area contributed by atoms with Crippen LogP contribution in [-0.2, 0) is 4.79 Å². The first-order chi connectivity index (χ1) is 13.0. The van der Waals surface area contributed by atoms with Gasteiger partial charge in [0, 0.05) is 6.54 Å². The Labute approximate surface area is 162 Å². The highest BCUT2D eigenvalue weighted by molar-refractivity contribution is 5.83. The Hall–Kier alpha value is -2.24.